The average Bonchev–Trinajstić information content (AvgIpc) is 2.90. The normalized spacial score (nSPS) is 11.8. The van der Waals surface area contributed by atoms with Crippen LogP contribution in [-0.2, 0) is 19.1 Å². The van der Waals surface area contributed by atoms with Crippen molar-refractivity contribution in [3.05, 3.63) is 54.4 Å². The Labute approximate surface area is 206 Å². The largest absolute Gasteiger partial charge is 0.497 e. The first-order chi connectivity index (χ1) is 17.4. The van der Waals surface area contributed by atoms with E-state index in [1.807, 2.05) is 0 Å². The maximum absolute atomic E-state index is 13.5. The molecular formula is C24H25N5O7. The van der Waals surface area contributed by atoms with Crippen molar-refractivity contribution in [2.24, 2.45) is 5.10 Å². The number of para-hydroxylation sites is 2. The molecule has 12 nitrogen and oxygen atoms in total. The van der Waals surface area contributed by atoms with Gasteiger partial charge in [-0.1, -0.05) is 12.1 Å². The molecule has 2 aromatic carbocycles. The summed E-state index contributed by atoms with van der Waals surface area (Å²) in [6, 6.07) is 11.8. The van der Waals surface area contributed by atoms with Gasteiger partial charge in [0.05, 0.1) is 56.5 Å². The monoisotopic (exact) mass is 495 g/mol. The number of carbonyl (C=O) groups excluding carboxylic acids is 3. The predicted molar refractivity (Wildman–Crippen MR) is 130 cm³/mol. The summed E-state index contributed by atoms with van der Waals surface area (Å²) >= 11 is 0. The van der Waals surface area contributed by atoms with Crippen LogP contribution in [0, 0.1) is 0 Å². The molecular weight excluding hydrogens is 470 g/mol. The molecule has 0 radical (unpaired) electrons. The number of methoxy groups -OCH3 is 3. The van der Waals surface area contributed by atoms with E-state index in [-0.39, 0.29) is 18.0 Å². The van der Waals surface area contributed by atoms with Gasteiger partial charge < -0.3 is 24.3 Å². The maximum Gasteiger partial charge on any atom is 0.427 e. The predicted octanol–water partition coefficient (Wildman–Crippen LogP) is 2.64. The molecule has 3 aromatic rings. The van der Waals surface area contributed by atoms with Crippen molar-refractivity contribution < 1.29 is 33.3 Å². The molecule has 2 amide bonds. The molecule has 0 saturated heterocycles. The van der Waals surface area contributed by atoms with Crippen LogP contribution >= 0.6 is 0 Å². The summed E-state index contributed by atoms with van der Waals surface area (Å²) < 4.78 is 20.3. The van der Waals surface area contributed by atoms with Gasteiger partial charge >= 0.3 is 12.1 Å². The fourth-order valence-corrected chi connectivity index (χ4v) is 3.20. The van der Waals surface area contributed by atoms with E-state index in [9.17, 15) is 14.4 Å². The summed E-state index contributed by atoms with van der Waals surface area (Å²) in [5.74, 6) is -2.33. The van der Waals surface area contributed by atoms with E-state index in [4.69, 9.17) is 14.2 Å². The highest BCUT2D eigenvalue weighted by Gasteiger charge is 2.35. The van der Waals surface area contributed by atoms with Crippen LogP contribution in [0.1, 0.15) is 18.5 Å². The number of amides is 2. The summed E-state index contributed by atoms with van der Waals surface area (Å²) in [6.07, 6.45) is 0.392. The van der Waals surface area contributed by atoms with Crippen LogP contribution in [0.3, 0.4) is 0 Å². The van der Waals surface area contributed by atoms with Crippen molar-refractivity contribution in [2.45, 2.75) is 12.8 Å². The van der Waals surface area contributed by atoms with Gasteiger partial charge in [0.15, 0.2) is 0 Å². The number of hydrogen-bond donors (Lipinski definition) is 2. The zero-order valence-electron chi connectivity index (χ0n) is 20.1. The molecule has 0 bridgehead atoms. The number of hydrogen-bond acceptors (Lipinski definition) is 10. The number of nitrogens with zero attached hydrogens (tertiary/aromatic N) is 3. The Bertz CT molecular complexity index is 1290. The summed E-state index contributed by atoms with van der Waals surface area (Å²) in [7, 11) is 4.02. The Hall–Kier alpha value is -4.74. The minimum absolute atomic E-state index is 0.0272. The number of esters is 1. The summed E-state index contributed by atoms with van der Waals surface area (Å²) in [5.41, 5.74) is 3.06. The molecule has 0 saturated carbocycles. The van der Waals surface area contributed by atoms with E-state index in [0.717, 1.165) is 7.11 Å². The second kappa shape index (κ2) is 12.1. The van der Waals surface area contributed by atoms with E-state index in [2.05, 4.69) is 30.5 Å². The number of rotatable bonds is 9. The number of fused-ring (bicyclic) bond motifs is 1. The highest BCUT2D eigenvalue weighted by molar-refractivity contribution is 6.48. The molecule has 0 unspecified atom stereocenters. The van der Waals surface area contributed by atoms with E-state index in [0.29, 0.717) is 22.5 Å². The van der Waals surface area contributed by atoms with Crippen molar-refractivity contribution in [3.8, 4) is 11.5 Å². The third kappa shape index (κ3) is 6.03. The second-order valence-electron chi connectivity index (χ2n) is 7.09. The third-order valence-electron chi connectivity index (χ3n) is 4.90. The Kier molecular flexibility index (Phi) is 8.70. The zero-order valence-corrected chi connectivity index (χ0v) is 20.1. The lowest BCUT2D eigenvalue weighted by atomic mass is 9.98. The number of carbonyl (C=O) groups is 3. The Morgan fingerprint density at radius 2 is 1.78 bits per heavy atom. The van der Waals surface area contributed by atoms with Gasteiger partial charge in [0.2, 0.25) is 0 Å². The smallest absolute Gasteiger partial charge is 0.427 e. The maximum atomic E-state index is 13.5. The molecule has 12 heteroatoms. The SMILES string of the molecule is CCOC(=O)[C@H](/C(=N\NC(=O)OC)C(=O)Nc1cc(OC)ccc1OC)c1cnc2ccccc2n1. The Morgan fingerprint density at radius 3 is 2.44 bits per heavy atom. The highest BCUT2D eigenvalue weighted by Crippen LogP contribution is 2.29. The molecule has 0 aliphatic rings. The first kappa shape index (κ1) is 25.9. The van der Waals surface area contributed by atoms with Gasteiger partial charge in [0, 0.05) is 6.07 Å². The molecule has 1 aromatic heterocycles. The number of ether oxygens (including phenoxy) is 4. The van der Waals surface area contributed by atoms with Crippen LogP contribution in [0.5, 0.6) is 11.5 Å². The Balaban J connectivity index is 2.11. The van der Waals surface area contributed by atoms with Crippen LogP contribution in [0.25, 0.3) is 11.0 Å². The molecule has 0 aliphatic heterocycles. The minimum atomic E-state index is -1.43. The summed E-state index contributed by atoms with van der Waals surface area (Å²) in [5, 5.41) is 6.53. The van der Waals surface area contributed by atoms with Crippen LogP contribution in [0.15, 0.2) is 53.8 Å². The van der Waals surface area contributed by atoms with Crippen LogP contribution in [-0.4, -0.2) is 61.6 Å². The first-order valence-electron chi connectivity index (χ1n) is 10.7. The number of anilines is 1. The van der Waals surface area contributed by atoms with E-state index < -0.39 is 29.6 Å². The molecule has 1 atom stereocenters. The molecule has 188 valence electrons. The van der Waals surface area contributed by atoms with Gasteiger partial charge in [-0.2, -0.15) is 5.10 Å². The topological polar surface area (TPSA) is 150 Å². The quantitative estimate of drug-likeness (QED) is 0.259. The van der Waals surface area contributed by atoms with Crippen LogP contribution in [0.4, 0.5) is 10.5 Å². The van der Waals surface area contributed by atoms with Gasteiger partial charge in [0.25, 0.3) is 5.91 Å². The van der Waals surface area contributed by atoms with Crippen molar-refractivity contribution in [3.63, 3.8) is 0 Å². The fourth-order valence-electron chi connectivity index (χ4n) is 3.20. The van der Waals surface area contributed by atoms with Gasteiger partial charge in [-0.05, 0) is 31.2 Å². The molecule has 2 N–H and O–H groups in total. The number of benzene rings is 2. The van der Waals surface area contributed by atoms with Crippen molar-refractivity contribution in [1.29, 1.82) is 0 Å². The Morgan fingerprint density at radius 1 is 1.03 bits per heavy atom. The van der Waals surface area contributed by atoms with Crippen molar-refractivity contribution in [2.75, 3.05) is 33.3 Å². The van der Waals surface area contributed by atoms with Gasteiger partial charge in [-0.25, -0.2) is 15.2 Å². The lowest BCUT2D eigenvalue weighted by Crippen LogP contribution is -2.37. The molecule has 0 aliphatic carbocycles. The van der Waals surface area contributed by atoms with Crippen LogP contribution in [0.2, 0.25) is 0 Å². The fraction of sp³-hybridized carbons (Fsp3) is 0.250. The number of aromatic nitrogens is 2. The van der Waals surface area contributed by atoms with Crippen molar-refractivity contribution >= 4 is 40.4 Å². The summed E-state index contributed by atoms with van der Waals surface area (Å²) in [6.45, 7) is 1.64. The molecule has 1 heterocycles. The number of nitrogens with one attached hydrogen (secondary N) is 2. The number of hydrazone groups is 1. The van der Waals surface area contributed by atoms with Crippen molar-refractivity contribution in [1.82, 2.24) is 15.4 Å². The second-order valence-corrected chi connectivity index (χ2v) is 7.09. The van der Waals surface area contributed by atoms with Gasteiger partial charge in [0.1, 0.15) is 23.1 Å². The molecule has 36 heavy (non-hydrogen) atoms. The van der Waals surface area contributed by atoms with E-state index in [1.165, 1.54) is 26.5 Å². The van der Waals surface area contributed by atoms with Crippen LogP contribution < -0.4 is 20.2 Å². The third-order valence-corrected chi connectivity index (χ3v) is 4.90. The van der Waals surface area contributed by atoms with Gasteiger partial charge in [-0.15, -0.1) is 0 Å². The molecule has 3 rings (SSSR count). The van der Waals surface area contributed by atoms with Gasteiger partial charge in [-0.3, -0.25) is 14.6 Å². The standard InChI is InChI=1S/C24H25N5O7/c1-5-36-23(31)20(18-13-25-15-8-6-7-9-16(15)26-18)21(28-29-24(32)35-4)22(30)27-17-12-14(33-2)10-11-19(17)34-3/h6-13,20H,5H2,1-4H3,(H,27,30)(H,29,32)/b28-21+/t20-/m0/s1. The summed E-state index contributed by atoms with van der Waals surface area (Å²) in [4.78, 5) is 47.1. The average molecular weight is 495 g/mol. The lowest BCUT2D eigenvalue weighted by Gasteiger charge is -2.18. The lowest BCUT2D eigenvalue weighted by molar-refractivity contribution is -0.143. The minimum Gasteiger partial charge on any atom is -0.497 e. The first-order valence-corrected chi connectivity index (χ1v) is 10.7. The molecule has 0 fully saturated rings. The zero-order chi connectivity index (χ0) is 26.1. The van der Waals surface area contributed by atoms with E-state index >= 15 is 0 Å². The van der Waals surface area contributed by atoms with E-state index in [1.54, 1.807) is 43.3 Å². The molecule has 0 spiro atoms. The highest BCUT2D eigenvalue weighted by atomic mass is 16.5.